The summed E-state index contributed by atoms with van der Waals surface area (Å²) >= 11 is 0. The third-order valence-corrected chi connectivity index (χ3v) is 3.33. The van der Waals surface area contributed by atoms with Crippen LogP contribution in [-0.4, -0.2) is 47.8 Å². The van der Waals surface area contributed by atoms with Gasteiger partial charge >= 0.3 is 0 Å². The zero-order valence-electron chi connectivity index (χ0n) is 11.6. The molecule has 4 heteroatoms. The molecule has 0 bridgehead atoms. The third kappa shape index (κ3) is 4.48. The molecule has 4 nitrogen and oxygen atoms in total. The normalized spacial score (nSPS) is 11.4. The van der Waals surface area contributed by atoms with Gasteiger partial charge in [0.05, 0.1) is 5.69 Å². The number of nitrogens with one attached hydrogen (secondary N) is 2. The summed E-state index contributed by atoms with van der Waals surface area (Å²) in [7, 11) is 0. The number of nitrogens with zero attached hydrogens (tertiary/aromatic N) is 2. The van der Waals surface area contributed by atoms with Gasteiger partial charge < -0.3 is 10.2 Å². The second-order valence-corrected chi connectivity index (χ2v) is 4.44. The first-order valence-electron chi connectivity index (χ1n) is 6.62. The van der Waals surface area contributed by atoms with E-state index in [0.29, 0.717) is 0 Å². The third-order valence-electron chi connectivity index (χ3n) is 3.33. The highest BCUT2D eigenvalue weighted by molar-refractivity contribution is 5.23. The Balaban J connectivity index is 2.16. The standard InChI is InChI=1S/C13H26N4/c1-5-17(6-2)10-9-14-8-7-13-11(3)15-16-12(13)4/h14H,5-10H2,1-4H3,(H,15,16). The molecule has 0 fully saturated rings. The molecule has 98 valence electrons. The molecule has 1 rings (SSSR count). The lowest BCUT2D eigenvalue weighted by Crippen LogP contribution is -2.32. The Labute approximate surface area is 105 Å². The van der Waals surface area contributed by atoms with Gasteiger partial charge in [-0.3, -0.25) is 5.10 Å². The number of aromatic amines is 1. The van der Waals surface area contributed by atoms with Gasteiger partial charge in [0.2, 0.25) is 0 Å². The lowest BCUT2D eigenvalue weighted by Gasteiger charge is -2.17. The van der Waals surface area contributed by atoms with Crippen LogP contribution in [0.5, 0.6) is 0 Å². The van der Waals surface area contributed by atoms with Gasteiger partial charge in [0.15, 0.2) is 0 Å². The van der Waals surface area contributed by atoms with Crippen LogP contribution in [0.15, 0.2) is 0 Å². The van der Waals surface area contributed by atoms with Crippen LogP contribution in [0.3, 0.4) is 0 Å². The molecule has 0 saturated heterocycles. The zero-order chi connectivity index (χ0) is 12.7. The Morgan fingerprint density at radius 2 is 1.88 bits per heavy atom. The average molecular weight is 238 g/mol. The molecular formula is C13H26N4. The predicted octanol–water partition coefficient (Wildman–Crippen LogP) is 1.50. The Kier molecular flexibility index (Phi) is 6.22. The van der Waals surface area contributed by atoms with Crippen molar-refractivity contribution < 1.29 is 0 Å². The largest absolute Gasteiger partial charge is 0.315 e. The van der Waals surface area contributed by atoms with Gasteiger partial charge in [-0.2, -0.15) is 5.10 Å². The highest BCUT2D eigenvalue weighted by Crippen LogP contribution is 2.08. The Morgan fingerprint density at radius 1 is 1.18 bits per heavy atom. The Hall–Kier alpha value is -0.870. The molecule has 1 aromatic rings. The topological polar surface area (TPSA) is 44.0 Å². The fourth-order valence-corrected chi connectivity index (χ4v) is 2.06. The monoisotopic (exact) mass is 238 g/mol. The predicted molar refractivity (Wildman–Crippen MR) is 72.4 cm³/mol. The van der Waals surface area contributed by atoms with Crippen LogP contribution in [0.2, 0.25) is 0 Å². The fourth-order valence-electron chi connectivity index (χ4n) is 2.06. The van der Waals surface area contributed by atoms with Gasteiger partial charge in [0.1, 0.15) is 0 Å². The van der Waals surface area contributed by atoms with Crippen molar-refractivity contribution in [1.29, 1.82) is 0 Å². The minimum Gasteiger partial charge on any atom is -0.315 e. The highest BCUT2D eigenvalue weighted by Gasteiger charge is 2.05. The van der Waals surface area contributed by atoms with Crippen molar-refractivity contribution in [2.45, 2.75) is 34.1 Å². The van der Waals surface area contributed by atoms with E-state index in [1.165, 1.54) is 11.3 Å². The van der Waals surface area contributed by atoms with Crippen molar-refractivity contribution >= 4 is 0 Å². The van der Waals surface area contributed by atoms with Gasteiger partial charge in [-0.05, 0) is 45.5 Å². The van der Waals surface area contributed by atoms with Crippen LogP contribution in [0.1, 0.15) is 30.8 Å². The minimum absolute atomic E-state index is 1.03. The quantitative estimate of drug-likeness (QED) is 0.675. The average Bonchev–Trinajstić information content (AvgIpc) is 2.65. The van der Waals surface area contributed by atoms with Crippen molar-refractivity contribution in [3.63, 3.8) is 0 Å². The molecule has 0 aliphatic rings. The number of rotatable bonds is 8. The van der Waals surface area contributed by atoms with Crippen LogP contribution < -0.4 is 5.32 Å². The maximum absolute atomic E-state index is 4.21. The fraction of sp³-hybridized carbons (Fsp3) is 0.769. The smallest absolute Gasteiger partial charge is 0.0626 e. The second-order valence-electron chi connectivity index (χ2n) is 4.44. The van der Waals surface area contributed by atoms with E-state index < -0.39 is 0 Å². The van der Waals surface area contributed by atoms with Gasteiger partial charge in [0.25, 0.3) is 0 Å². The summed E-state index contributed by atoms with van der Waals surface area (Å²) in [4.78, 5) is 2.43. The van der Waals surface area contributed by atoms with Crippen molar-refractivity contribution in [3.05, 3.63) is 17.0 Å². The first-order chi connectivity index (χ1) is 8.19. The number of aromatic nitrogens is 2. The first-order valence-corrected chi connectivity index (χ1v) is 6.62. The summed E-state index contributed by atoms with van der Waals surface area (Å²) in [5.74, 6) is 0. The van der Waals surface area contributed by atoms with Crippen molar-refractivity contribution in [2.24, 2.45) is 0 Å². The molecule has 0 spiro atoms. The Morgan fingerprint density at radius 3 is 2.41 bits per heavy atom. The molecular weight excluding hydrogens is 212 g/mol. The van der Waals surface area contributed by atoms with Crippen molar-refractivity contribution in [2.75, 3.05) is 32.7 Å². The molecule has 0 aliphatic heterocycles. The maximum Gasteiger partial charge on any atom is 0.0626 e. The van der Waals surface area contributed by atoms with E-state index in [4.69, 9.17) is 0 Å². The van der Waals surface area contributed by atoms with Gasteiger partial charge in [-0.15, -0.1) is 0 Å². The number of hydrogen-bond acceptors (Lipinski definition) is 3. The van der Waals surface area contributed by atoms with Crippen LogP contribution in [0.25, 0.3) is 0 Å². The van der Waals surface area contributed by atoms with E-state index in [1.807, 2.05) is 0 Å². The number of H-pyrrole nitrogens is 1. The zero-order valence-corrected chi connectivity index (χ0v) is 11.6. The summed E-state index contributed by atoms with van der Waals surface area (Å²) in [6.07, 6.45) is 1.06. The van der Waals surface area contributed by atoms with E-state index in [9.17, 15) is 0 Å². The summed E-state index contributed by atoms with van der Waals surface area (Å²) in [5, 5.41) is 10.7. The van der Waals surface area contributed by atoms with Gasteiger partial charge in [0, 0.05) is 18.8 Å². The van der Waals surface area contributed by atoms with Gasteiger partial charge in [-0.1, -0.05) is 13.8 Å². The Bertz CT molecular complexity index is 296. The van der Waals surface area contributed by atoms with E-state index in [-0.39, 0.29) is 0 Å². The molecule has 0 aliphatic carbocycles. The lowest BCUT2D eigenvalue weighted by molar-refractivity contribution is 0.303. The summed E-state index contributed by atoms with van der Waals surface area (Å²) in [6.45, 7) is 14.1. The number of hydrogen-bond donors (Lipinski definition) is 2. The summed E-state index contributed by atoms with van der Waals surface area (Å²) in [5.41, 5.74) is 3.70. The molecule has 2 N–H and O–H groups in total. The molecule has 17 heavy (non-hydrogen) atoms. The minimum atomic E-state index is 1.03. The van der Waals surface area contributed by atoms with E-state index in [2.05, 4.69) is 48.1 Å². The molecule has 0 radical (unpaired) electrons. The molecule has 1 heterocycles. The van der Waals surface area contributed by atoms with E-state index >= 15 is 0 Å². The van der Waals surface area contributed by atoms with E-state index in [0.717, 1.165) is 44.8 Å². The molecule has 0 aromatic carbocycles. The van der Waals surface area contributed by atoms with Crippen molar-refractivity contribution in [1.82, 2.24) is 20.4 Å². The molecule has 0 amide bonds. The summed E-state index contributed by atoms with van der Waals surface area (Å²) in [6, 6.07) is 0. The summed E-state index contributed by atoms with van der Waals surface area (Å²) < 4.78 is 0. The molecule has 0 atom stereocenters. The lowest BCUT2D eigenvalue weighted by atomic mass is 10.1. The number of likely N-dealkylation sites (N-methyl/N-ethyl adjacent to an activating group) is 1. The SMILES string of the molecule is CCN(CC)CCNCCc1c(C)n[nH]c1C. The van der Waals surface area contributed by atoms with Crippen LogP contribution in [-0.2, 0) is 6.42 Å². The molecule has 0 unspecified atom stereocenters. The maximum atomic E-state index is 4.21. The van der Waals surface area contributed by atoms with Crippen LogP contribution >= 0.6 is 0 Å². The van der Waals surface area contributed by atoms with E-state index in [1.54, 1.807) is 0 Å². The van der Waals surface area contributed by atoms with Crippen LogP contribution in [0.4, 0.5) is 0 Å². The highest BCUT2D eigenvalue weighted by atomic mass is 15.1. The first kappa shape index (κ1) is 14.2. The molecule has 1 aromatic heterocycles. The second kappa shape index (κ2) is 7.45. The van der Waals surface area contributed by atoms with Gasteiger partial charge in [-0.25, -0.2) is 0 Å². The number of aryl methyl sites for hydroxylation is 2. The van der Waals surface area contributed by atoms with Crippen LogP contribution in [0, 0.1) is 13.8 Å². The van der Waals surface area contributed by atoms with Crippen molar-refractivity contribution in [3.8, 4) is 0 Å². The molecule has 0 saturated carbocycles.